The first kappa shape index (κ1) is 12.4. The number of methoxy groups -OCH3 is 2. The van der Waals surface area contributed by atoms with Crippen LogP contribution in [0.15, 0.2) is 0 Å². The van der Waals surface area contributed by atoms with Gasteiger partial charge in [0.15, 0.2) is 0 Å². The van der Waals surface area contributed by atoms with E-state index in [4.69, 9.17) is 9.47 Å². The van der Waals surface area contributed by atoms with Crippen LogP contribution in [0.2, 0.25) is 0 Å². The fraction of sp³-hybridized carbons (Fsp3) is 0.889. The average Bonchev–Trinajstić information content (AvgIpc) is 2.13. The van der Waals surface area contributed by atoms with Crippen LogP contribution in [0.4, 0.5) is 0 Å². The molecule has 0 aliphatic heterocycles. The summed E-state index contributed by atoms with van der Waals surface area (Å²) in [5.74, 6) is 0.0909. The summed E-state index contributed by atoms with van der Waals surface area (Å²) in [6, 6.07) is 0. The monoisotopic (exact) mass is 189 g/mol. The van der Waals surface area contributed by atoms with E-state index in [0.29, 0.717) is 26.2 Å². The molecule has 0 rings (SSSR count). The second-order valence-corrected chi connectivity index (χ2v) is 2.79. The van der Waals surface area contributed by atoms with E-state index in [1.807, 2.05) is 0 Å². The molecule has 0 spiro atoms. The summed E-state index contributed by atoms with van der Waals surface area (Å²) in [5, 5.41) is 2.80. The van der Waals surface area contributed by atoms with Gasteiger partial charge in [-0.1, -0.05) is 0 Å². The van der Waals surface area contributed by atoms with Crippen molar-refractivity contribution >= 4 is 5.91 Å². The zero-order valence-electron chi connectivity index (χ0n) is 8.47. The van der Waals surface area contributed by atoms with Gasteiger partial charge in [-0.25, -0.2) is 0 Å². The second kappa shape index (κ2) is 9.48. The molecule has 0 aliphatic rings. The molecular weight excluding hydrogens is 170 g/mol. The van der Waals surface area contributed by atoms with E-state index >= 15 is 0 Å². The Morgan fingerprint density at radius 2 is 1.77 bits per heavy atom. The fourth-order valence-corrected chi connectivity index (χ4v) is 0.910. The third kappa shape index (κ3) is 9.30. The van der Waals surface area contributed by atoms with E-state index in [1.54, 1.807) is 14.2 Å². The highest BCUT2D eigenvalue weighted by Gasteiger charge is 1.98. The van der Waals surface area contributed by atoms with Gasteiger partial charge in [0.25, 0.3) is 0 Å². The third-order valence-electron chi connectivity index (χ3n) is 1.60. The topological polar surface area (TPSA) is 47.6 Å². The largest absolute Gasteiger partial charge is 0.385 e. The van der Waals surface area contributed by atoms with Gasteiger partial charge >= 0.3 is 0 Å². The Bertz CT molecular complexity index is 128. The van der Waals surface area contributed by atoms with E-state index in [2.05, 4.69) is 5.32 Å². The highest BCUT2D eigenvalue weighted by Crippen LogP contribution is 1.89. The van der Waals surface area contributed by atoms with Gasteiger partial charge in [-0.15, -0.1) is 0 Å². The van der Waals surface area contributed by atoms with Crippen molar-refractivity contribution in [3.05, 3.63) is 0 Å². The molecule has 0 saturated carbocycles. The average molecular weight is 189 g/mol. The molecule has 0 aromatic carbocycles. The van der Waals surface area contributed by atoms with Gasteiger partial charge in [0, 0.05) is 40.4 Å². The number of hydrogen-bond donors (Lipinski definition) is 1. The first-order valence-electron chi connectivity index (χ1n) is 4.56. The molecule has 0 radical (unpaired) electrons. The molecule has 0 fully saturated rings. The molecule has 4 nitrogen and oxygen atoms in total. The highest BCUT2D eigenvalue weighted by atomic mass is 16.5. The molecule has 78 valence electrons. The summed E-state index contributed by atoms with van der Waals surface area (Å²) in [5.41, 5.74) is 0. The fourth-order valence-electron chi connectivity index (χ4n) is 0.910. The van der Waals surface area contributed by atoms with Crippen molar-refractivity contribution in [3.63, 3.8) is 0 Å². The zero-order chi connectivity index (χ0) is 9.94. The maximum Gasteiger partial charge on any atom is 0.220 e. The molecule has 0 aromatic rings. The standard InChI is InChI=1S/C9H19NO3/c1-12-7-3-5-9(11)10-6-4-8-13-2/h3-8H2,1-2H3,(H,10,11). The molecule has 13 heavy (non-hydrogen) atoms. The third-order valence-corrected chi connectivity index (χ3v) is 1.60. The highest BCUT2D eigenvalue weighted by molar-refractivity contribution is 5.75. The van der Waals surface area contributed by atoms with Crippen LogP contribution in [-0.4, -0.2) is 39.9 Å². The van der Waals surface area contributed by atoms with Gasteiger partial charge in [-0.2, -0.15) is 0 Å². The van der Waals surface area contributed by atoms with Crippen molar-refractivity contribution in [1.82, 2.24) is 5.32 Å². The summed E-state index contributed by atoms with van der Waals surface area (Å²) in [6.07, 6.45) is 2.19. The van der Waals surface area contributed by atoms with Gasteiger partial charge in [0.2, 0.25) is 5.91 Å². The molecular formula is C9H19NO3. The minimum absolute atomic E-state index is 0.0909. The smallest absolute Gasteiger partial charge is 0.220 e. The second-order valence-electron chi connectivity index (χ2n) is 2.79. The lowest BCUT2D eigenvalue weighted by Crippen LogP contribution is -2.25. The molecule has 1 N–H and O–H groups in total. The maximum absolute atomic E-state index is 11.1. The quantitative estimate of drug-likeness (QED) is 0.568. The Morgan fingerprint density at radius 3 is 2.38 bits per heavy atom. The van der Waals surface area contributed by atoms with Gasteiger partial charge in [-0.3, -0.25) is 4.79 Å². The SMILES string of the molecule is COCCCNC(=O)CCCOC. The van der Waals surface area contributed by atoms with Crippen molar-refractivity contribution in [2.75, 3.05) is 34.0 Å². The molecule has 0 unspecified atom stereocenters. The van der Waals surface area contributed by atoms with Crippen LogP contribution < -0.4 is 5.32 Å². The van der Waals surface area contributed by atoms with Crippen LogP contribution in [0.3, 0.4) is 0 Å². The molecule has 4 heteroatoms. The molecule has 0 heterocycles. The minimum atomic E-state index is 0.0909. The normalized spacial score (nSPS) is 10.0. The van der Waals surface area contributed by atoms with Crippen LogP contribution >= 0.6 is 0 Å². The Labute approximate surface area is 79.6 Å². The lowest BCUT2D eigenvalue weighted by molar-refractivity contribution is -0.121. The number of rotatable bonds is 8. The first-order chi connectivity index (χ1) is 6.31. The van der Waals surface area contributed by atoms with Crippen LogP contribution in [-0.2, 0) is 14.3 Å². The Kier molecular flexibility index (Phi) is 9.03. The maximum atomic E-state index is 11.1. The van der Waals surface area contributed by atoms with Crippen LogP contribution in [0, 0.1) is 0 Å². The van der Waals surface area contributed by atoms with Crippen molar-refractivity contribution in [1.29, 1.82) is 0 Å². The summed E-state index contributed by atoms with van der Waals surface area (Å²) in [7, 11) is 3.29. The van der Waals surface area contributed by atoms with Crippen molar-refractivity contribution in [3.8, 4) is 0 Å². The lowest BCUT2D eigenvalue weighted by Gasteiger charge is -2.03. The summed E-state index contributed by atoms with van der Waals surface area (Å²) < 4.78 is 9.69. The number of carbonyl (C=O) groups excluding carboxylic acids is 1. The van der Waals surface area contributed by atoms with Gasteiger partial charge in [0.1, 0.15) is 0 Å². The lowest BCUT2D eigenvalue weighted by atomic mass is 10.3. The van der Waals surface area contributed by atoms with Crippen molar-refractivity contribution in [2.24, 2.45) is 0 Å². The molecule has 0 aromatic heterocycles. The van der Waals surface area contributed by atoms with E-state index < -0.39 is 0 Å². The number of ether oxygens (including phenoxy) is 2. The Morgan fingerprint density at radius 1 is 1.15 bits per heavy atom. The van der Waals surface area contributed by atoms with Crippen LogP contribution in [0.25, 0.3) is 0 Å². The van der Waals surface area contributed by atoms with Gasteiger partial charge in [-0.05, 0) is 12.8 Å². The minimum Gasteiger partial charge on any atom is -0.385 e. The zero-order valence-corrected chi connectivity index (χ0v) is 8.47. The summed E-state index contributed by atoms with van der Waals surface area (Å²) in [6.45, 7) is 2.03. The molecule has 0 saturated heterocycles. The Balaban J connectivity index is 3.11. The van der Waals surface area contributed by atoms with Crippen LogP contribution in [0.1, 0.15) is 19.3 Å². The van der Waals surface area contributed by atoms with Gasteiger partial charge in [0.05, 0.1) is 0 Å². The van der Waals surface area contributed by atoms with Gasteiger partial charge < -0.3 is 14.8 Å². The molecule has 0 atom stereocenters. The Hall–Kier alpha value is -0.610. The predicted octanol–water partition coefficient (Wildman–Crippen LogP) is 0.566. The van der Waals surface area contributed by atoms with Crippen molar-refractivity contribution in [2.45, 2.75) is 19.3 Å². The summed E-state index contributed by atoms with van der Waals surface area (Å²) in [4.78, 5) is 11.1. The first-order valence-corrected chi connectivity index (χ1v) is 4.56. The van der Waals surface area contributed by atoms with E-state index in [1.165, 1.54) is 0 Å². The number of nitrogens with one attached hydrogen (secondary N) is 1. The van der Waals surface area contributed by atoms with E-state index in [9.17, 15) is 4.79 Å². The van der Waals surface area contributed by atoms with Crippen LogP contribution in [0.5, 0.6) is 0 Å². The number of amides is 1. The van der Waals surface area contributed by atoms with E-state index in [-0.39, 0.29) is 5.91 Å². The predicted molar refractivity (Wildman–Crippen MR) is 50.6 cm³/mol. The molecule has 0 bridgehead atoms. The number of hydrogen-bond acceptors (Lipinski definition) is 3. The van der Waals surface area contributed by atoms with Crippen molar-refractivity contribution < 1.29 is 14.3 Å². The molecule has 0 aliphatic carbocycles. The van der Waals surface area contributed by atoms with E-state index in [0.717, 1.165) is 12.8 Å². The summed E-state index contributed by atoms with van der Waals surface area (Å²) >= 11 is 0. The molecule has 1 amide bonds. The number of carbonyl (C=O) groups is 1.